The number of rotatable bonds is 5. The largest absolute Gasteiger partial charge is 0.383 e. The molecule has 8 heteroatoms. The molecular weight excluding hydrogens is 412 g/mol. The standard InChI is InChI=1S/C19H19ClN6O.2C2H6/c1-10(21)15-17(22)24-9-25-18(15)23-8-13-7-11-3-2-4-14(20)16(11)19(27)26(13)12-5-6-12;2*1-2/h2-4,7,9,12,21H,5-6,8H2,1H3,(H3,22,23,24,25);2*1-2H3. The maximum atomic E-state index is 13.1. The highest BCUT2D eigenvalue weighted by atomic mass is 35.5. The third kappa shape index (κ3) is 5.22. The normalized spacial score (nSPS) is 12.3. The zero-order valence-corrected chi connectivity index (χ0v) is 19.5. The van der Waals surface area contributed by atoms with E-state index in [2.05, 4.69) is 15.3 Å². The molecule has 7 nitrogen and oxygen atoms in total. The van der Waals surface area contributed by atoms with E-state index in [4.69, 9.17) is 22.7 Å². The number of halogens is 1. The Morgan fingerprint density at radius 2 is 1.94 bits per heavy atom. The molecule has 166 valence electrons. The molecule has 0 spiro atoms. The number of hydrogen-bond acceptors (Lipinski definition) is 6. The molecule has 31 heavy (non-hydrogen) atoms. The zero-order chi connectivity index (χ0) is 23.1. The van der Waals surface area contributed by atoms with Crippen LogP contribution in [0.3, 0.4) is 0 Å². The van der Waals surface area contributed by atoms with Gasteiger partial charge in [-0.2, -0.15) is 0 Å². The van der Waals surface area contributed by atoms with Crippen molar-refractivity contribution in [1.29, 1.82) is 5.41 Å². The average Bonchev–Trinajstić information content (AvgIpc) is 3.60. The van der Waals surface area contributed by atoms with Gasteiger partial charge in [-0.25, -0.2) is 9.97 Å². The van der Waals surface area contributed by atoms with Crippen LogP contribution in [0.2, 0.25) is 5.02 Å². The predicted molar refractivity (Wildman–Crippen MR) is 130 cm³/mol. The first-order chi connectivity index (χ1) is 15.0. The first-order valence-electron chi connectivity index (χ1n) is 10.7. The van der Waals surface area contributed by atoms with Crippen molar-refractivity contribution in [2.75, 3.05) is 11.1 Å². The van der Waals surface area contributed by atoms with E-state index in [0.717, 1.165) is 23.9 Å². The fourth-order valence-electron chi connectivity index (χ4n) is 3.33. The number of nitrogens with zero attached hydrogens (tertiary/aromatic N) is 3. The highest BCUT2D eigenvalue weighted by molar-refractivity contribution is 6.35. The molecule has 2 aromatic heterocycles. The van der Waals surface area contributed by atoms with Crippen molar-refractivity contribution in [3.05, 3.63) is 57.2 Å². The van der Waals surface area contributed by atoms with Gasteiger partial charge in [-0.15, -0.1) is 0 Å². The summed E-state index contributed by atoms with van der Waals surface area (Å²) in [7, 11) is 0. The summed E-state index contributed by atoms with van der Waals surface area (Å²) in [5, 5.41) is 13.0. The van der Waals surface area contributed by atoms with Crippen LogP contribution in [0.25, 0.3) is 10.8 Å². The monoisotopic (exact) mass is 442 g/mol. The molecule has 3 aromatic rings. The Hall–Kier alpha value is -2.93. The maximum Gasteiger partial charge on any atom is 0.260 e. The van der Waals surface area contributed by atoms with Crippen LogP contribution < -0.4 is 16.6 Å². The van der Waals surface area contributed by atoms with E-state index in [0.29, 0.717) is 28.3 Å². The van der Waals surface area contributed by atoms with E-state index < -0.39 is 0 Å². The van der Waals surface area contributed by atoms with Gasteiger partial charge >= 0.3 is 0 Å². The molecule has 4 N–H and O–H groups in total. The molecule has 4 rings (SSSR count). The van der Waals surface area contributed by atoms with Gasteiger partial charge in [-0.3, -0.25) is 4.79 Å². The second kappa shape index (κ2) is 10.9. The van der Waals surface area contributed by atoms with Crippen LogP contribution in [0.4, 0.5) is 11.6 Å². The van der Waals surface area contributed by atoms with Crippen LogP contribution in [0, 0.1) is 5.41 Å². The molecule has 1 saturated carbocycles. The zero-order valence-electron chi connectivity index (χ0n) is 18.8. The van der Waals surface area contributed by atoms with E-state index in [1.165, 1.54) is 6.33 Å². The summed E-state index contributed by atoms with van der Waals surface area (Å²) in [4.78, 5) is 21.2. The SMILES string of the molecule is CC.CC.CC(=N)c1c(N)ncnc1NCc1cc2cccc(Cl)c2c(=O)n1C1CC1. The second-order valence-electron chi connectivity index (χ2n) is 6.71. The van der Waals surface area contributed by atoms with Crippen molar-refractivity contribution >= 4 is 39.7 Å². The molecule has 0 radical (unpaired) electrons. The summed E-state index contributed by atoms with van der Waals surface area (Å²) < 4.78 is 1.82. The molecule has 1 aromatic carbocycles. The van der Waals surface area contributed by atoms with E-state index in [1.807, 2.05) is 50.5 Å². The maximum absolute atomic E-state index is 13.1. The third-order valence-electron chi connectivity index (χ3n) is 4.71. The molecular formula is C23H31ClN6O. The van der Waals surface area contributed by atoms with Crippen molar-refractivity contribution < 1.29 is 0 Å². The third-order valence-corrected chi connectivity index (χ3v) is 5.03. The van der Waals surface area contributed by atoms with Crippen molar-refractivity contribution in [2.24, 2.45) is 0 Å². The molecule has 0 atom stereocenters. The fraction of sp³-hybridized carbons (Fsp3) is 0.391. The second-order valence-corrected chi connectivity index (χ2v) is 7.11. The molecule has 0 bridgehead atoms. The van der Waals surface area contributed by atoms with E-state index >= 15 is 0 Å². The molecule has 0 amide bonds. The Balaban J connectivity index is 0.000000807. The lowest BCUT2D eigenvalue weighted by Gasteiger charge is -2.17. The van der Waals surface area contributed by atoms with Crippen LogP contribution in [-0.2, 0) is 6.54 Å². The summed E-state index contributed by atoms with van der Waals surface area (Å²) in [5.41, 5.74) is 7.43. The molecule has 1 aliphatic carbocycles. The summed E-state index contributed by atoms with van der Waals surface area (Å²) in [5.74, 6) is 0.737. The Bertz CT molecular complexity index is 1120. The lowest BCUT2D eigenvalue weighted by atomic mass is 10.1. The number of fused-ring (bicyclic) bond motifs is 1. The smallest absolute Gasteiger partial charge is 0.260 e. The highest BCUT2D eigenvalue weighted by Crippen LogP contribution is 2.36. The minimum Gasteiger partial charge on any atom is -0.383 e. The Morgan fingerprint density at radius 3 is 2.55 bits per heavy atom. The van der Waals surface area contributed by atoms with Gasteiger partial charge in [0.15, 0.2) is 0 Å². The van der Waals surface area contributed by atoms with E-state index in [9.17, 15) is 4.79 Å². The number of benzene rings is 1. The summed E-state index contributed by atoms with van der Waals surface area (Å²) >= 11 is 6.27. The van der Waals surface area contributed by atoms with E-state index in [1.54, 1.807) is 13.0 Å². The van der Waals surface area contributed by atoms with Crippen molar-refractivity contribution in [1.82, 2.24) is 14.5 Å². The molecule has 1 fully saturated rings. The number of anilines is 2. The first kappa shape index (κ1) is 24.3. The average molecular weight is 443 g/mol. The summed E-state index contributed by atoms with van der Waals surface area (Å²) in [6, 6.07) is 7.65. The minimum atomic E-state index is -0.0666. The van der Waals surface area contributed by atoms with Gasteiger partial charge in [0.05, 0.1) is 22.5 Å². The number of nitrogens with two attached hydrogens (primary N) is 1. The van der Waals surface area contributed by atoms with Gasteiger partial charge in [-0.1, -0.05) is 51.4 Å². The van der Waals surface area contributed by atoms with Gasteiger partial charge in [0.2, 0.25) is 0 Å². The Kier molecular flexibility index (Phi) is 8.56. The van der Waals surface area contributed by atoms with Gasteiger partial charge in [0.1, 0.15) is 18.0 Å². The lowest BCUT2D eigenvalue weighted by Crippen LogP contribution is -2.25. The van der Waals surface area contributed by atoms with Crippen molar-refractivity contribution in [2.45, 2.75) is 60.0 Å². The van der Waals surface area contributed by atoms with Crippen LogP contribution in [0.5, 0.6) is 0 Å². The lowest BCUT2D eigenvalue weighted by molar-refractivity contribution is 0.672. The van der Waals surface area contributed by atoms with Crippen LogP contribution in [0.15, 0.2) is 35.4 Å². The number of hydrogen-bond donors (Lipinski definition) is 3. The van der Waals surface area contributed by atoms with E-state index in [-0.39, 0.29) is 23.1 Å². The predicted octanol–water partition coefficient (Wildman–Crippen LogP) is 5.41. The van der Waals surface area contributed by atoms with Gasteiger partial charge < -0.3 is 21.0 Å². The molecule has 0 aliphatic heterocycles. The number of aromatic nitrogens is 3. The number of nitrogen functional groups attached to an aromatic ring is 1. The van der Waals surface area contributed by atoms with Gasteiger partial charge in [0.25, 0.3) is 5.56 Å². The molecule has 0 unspecified atom stereocenters. The quantitative estimate of drug-likeness (QED) is 0.457. The van der Waals surface area contributed by atoms with Crippen LogP contribution >= 0.6 is 11.6 Å². The Labute approximate surface area is 188 Å². The minimum absolute atomic E-state index is 0.0666. The molecule has 1 aliphatic rings. The van der Waals surface area contributed by atoms with Gasteiger partial charge in [-0.05, 0) is 37.3 Å². The molecule has 2 heterocycles. The van der Waals surface area contributed by atoms with Crippen LogP contribution in [0.1, 0.15) is 64.8 Å². The number of nitrogens with one attached hydrogen (secondary N) is 2. The van der Waals surface area contributed by atoms with Gasteiger partial charge in [0, 0.05) is 17.4 Å². The Morgan fingerprint density at radius 1 is 1.26 bits per heavy atom. The highest BCUT2D eigenvalue weighted by Gasteiger charge is 2.28. The first-order valence-corrected chi connectivity index (χ1v) is 11.1. The summed E-state index contributed by atoms with van der Waals surface area (Å²) in [6.45, 7) is 10.0. The summed E-state index contributed by atoms with van der Waals surface area (Å²) in [6.07, 6.45) is 3.32. The number of pyridine rings is 1. The van der Waals surface area contributed by atoms with Crippen molar-refractivity contribution in [3.8, 4) is 0 Å². The molecule has 0 saturated heterocycles. The van der Waals surface area contributed by atoms with Crippen LogP contribution in [-0.4, -0.2) is 20.2 Å². The topological polar surface area (TPSA) is 110 Å². The fourth-order valence-corrected chi connectivity index (χ4v) is 3.60. The van der Waals surface area contributed by atoms with Crippen molar-refractivity contribution in [3.63, 3.8) is 0 Å².